The third-order valence-electron chi connectivity index (χ3n) is 1.52. The van der Waals surface area contributed by atoms with Crippen LogP contribution in [0.3, 0.4) is 0 Å². The highest BCUT2D eigenvalue weighted by Crippen LogP contribution is 2.36. The molecule has 0 aromatic carbocycles. The molecule has 0 radical (unpaired) electrons. The number of alkyl halides is 3. The topological polar surface area (TPSA) is 25.2 Å². The molecule has 6 heteroatoms. The first-order valence-electron chi connectivity index (χ1n) is 3.43. The van der Waals surface area contributed by atoms with Crippen LogP contribution in [-0.4, -0.2) is 13.2 Å². The maximum atomic E-state index is 12.3. The summed E-state index contributed by atoms with van der Waals surface area (Å²) in [4.78, 5) is 0. The first-order valence-corrected chi connectivity index (χ1v) is 4.23. The summed E-state index contributed by atoms with van der Waals surface area (Å²) in [6.07, 6.45) is -3.15. The Morgan fingerprint density at radius 1 is 1.54 bits per heavy atom. The molecule has 1 aromatic rings. The molecular formula is C7H7BrF3NO. The summed E-state index contributed by atoms with van der Waals surface area (Å²) in [5, 5.41) is 2.14. The molecular weight excluding hydrogens is 251 g/mol. The summed E-state index contributed by atoms with van der Waals surface area (Å²) in [5.41, 5.74) is 0. The second kappa shape index (κ2) is 3.71. The van der Waals surface area contributed by atoms with Crippen molar-refractivity contribution in [2.24, 2.45) is 0 Å². The van der Waals surface area contributed by atoms with Crippen molar-refractivity contribution < 1.29 is 17.6 Å². The third-order valence-corrected chi connectivity index (χ3v) is 2.18. The molecule has 2 nitrogen and oxygen atoms in total. The zero-order valence-corrected chi connectivity index (χ0v) is 8.24. The molecule has 1 N–H and O–H groups in total. The molecule has 0 saturated heterocycles. The van der Waals surface area contributed by atoms with E-state index in [1.165, 1.54) is 19.4 Å². The number of rotatable bonds is 2. The van der Waals surface area contributed by atoms with Gasteiger partial charge in [-0.1, -0.05) is 0 Å². The normalized spacial score (nSPS) is 14.5. The van der Waals surface area contributed by atoms with Gasteiger partial charge in [0.05, 0.1) is 10.7 Å². The van der Waals surface area contributed by atoms with Crippen molar-refractivity contribution in [1.82, 2.24) is 5.32 Å². The Bertz CT molecular complexity index is 284. The molecule has 74 valence electrons. The lowest BCUT2D eigenvalue weighted by Crippen LogP contribution is -2.31. The molecule has 0 fully saturated rings. The molecule has 0 aliphatic carbocycles. The first-order chi connectivity index (χ1) is 5.96. The van der Waals surface area contributed by atoms with Crippen LogP contribution in [0, 0.1) is 0 Å². The average molecular weight is 258 g/mol. The lowest BCUT2D eigenvalue weighted by molar-refractivity contribution is -0.160. The van der Waals surface area contributed by atoms with Crippen LogP contribution in [0.25, 0.3) is 0 Å². The maximum absolute atomic E-state index is 12.3. The van der Waals surface area contributed by atoms with Crippen molar-refractivity contribution in [2.75, 3.05) is 7.05 Å². The molecule has 1 heterocycles. The fourth-order valence-corrected chi connectivity index (χ4v) is 1.39. The number of hydrogen-bond donors (Lipinski definition) is 1. The fourth-order valence-electron chi connectivity index (χ4n) is 0.955. The summed E-state index contributed by atoms with van der Waals surface area (Å²) in [6, 6.07) is -0.345. The van der Waals surface area contributed by atoms with Gasteiger partial charge in [-0.05, 0) is 29.0 Å². The van der Waals surface area contributed by atoms with Gasteiger partial charge >= 0.3 is 6.18 Å². The lowest BCUT2D eigenvalue weighted by Gasteiger charge is -2.17. The van der Waals surface area contributed by atoms with Gasteiger partial charge in [0, 0.05) is 0 Å². The van der Waals surface area contributed by atoms with Crippen molar-refractivity contribution in [2.45, 2.75) is 12.2 Å². The van der Waals surface area contributed by atoms with Crippen LogP contribution in [0.1, 0.15) is 11.8 Å². The molecule has 0 aliphatic rings. The molecule has 1 aromatic heterocycles. The van der Waals surface area contributed by atoms with Crippen LogP contribution in [0.4, 0.5) is 13.2 Å². The summed E-state index contributed by atoms with van der Waals surface area (Å²) in [7, 11) is 1.23. The van der Waals surface area contributed by atoms with E-state index in [-0.39, 0.29) is 5.76 Å². The fraction of sp³-hybridized carbons (Fsp3) is 0.429. The van der Waals surface area contributed by atoms with Crippen molar-refractivity contribution in [3.63, 3.8) is 0 Å². The van der Waals surface area contributed by atoms with Crippen molar-refractivity contribution in [3.05, 3.63) is 22.6 Å². The number of nitrogens with one attached hydrogen (secondary N) is 1. The van der Waals surface area contributed by atoms with Crippen LogP contribution in [0.5, 0.6) is 0 Å². The Balaban J connectivity index is 2.98. The molecule has 13 heavy (non-hydrogen) atoms. The van der Waals surface area contributed by atoms with E-state index in [0.29, 0.717) is 4.47 Å². The van der Waals surface area contributed by atoms with Gasteiger partial charge < -0.3 is 9.73 Å². The molecule has 1 rings (SSSR count). The van der Waals surface area contributed by atoms with Crippen LogP contribution < -0.4 is 5.32 Å². The van der Waals surface area contributed by atoms with Crippen LogP contribution >= 0.6 is 15.9 Å². The molecule has 0 bridgehead atoms. The zero-order chi connectivity index (χ0) is 10.1. The standard InChI is InChI=1S/C7H7BrF3NO/c1-12-6(7(9,10)11)5-4(8)2-3-13-5/h2-3,6,12H,1H3. The van der Waals surface area contributed by atoms with E-state index < -0.39 is 12.2 Å². The monoisotopic (exact) mass is 257 g/mol. The Morgan fingerprint density at radius 2 is 2.15 bits per heavy atom. The summed E-state index contributed by atoms with van der Waals surface area (Å²) in [5.74, 6) is -0.157. The van der Waals surface area contributed by atoms with E-state index in [4.69, 9.17) is 4.42 Å². The molecule has 1 atom stereocenters. The zero-order valence-electron chi connectivity index (χ0n) is 6.65. The molecule has 0 saturated carbocycles. The van der Waals surface area contributed by atoms with E-state index in [2.05, 4.69) is 21.2 Å². The Morgan fingerprint density at radius 3 is 2.46 bits per heavy atom. The van der Waals surface area contributed by atoms with Gasteiger partial charge in [-0.3, -0.25) is 0 Å². The Hall–Kier alpha value is -0.490. The third kappa shape index (κ3) is 2.25. The minimum absolute atomic E-state index is 0.157. The van der Waals surface area contributed by atoms with E-state index in [1.54, 1.807) is 0 Å². The van der Waals surface area contributed by atoms with E-state index in [1.807, 2.05) is 0 Å². The number of halogens is 4. The van der Waals surface area contributed by atoms with Crippen LogP contribution in [0.15, 0.2) is 21.2 Å². The van der Waals surface area contributed by atoms with Crippen LogP contribution in [-0.2, 0) is 0 Å². The SMILES string of the molecule is CNC(c1occc1Br)C(F)(F)F. The quantitative estimate of drug-likeness (QED) is 0.882. The number of hydrogen-bond acceptors (Lipinski definition) is 2. The molecule has 0 amide bonds. The van der Waals surface area contributed by atoms with Crippen molar-refractivity contribution >= 4 is 15.9 Å². The average Bonchev–Trinajstić information content (AvgIpc) is 2.35. The van der Waals surface area contributed by atoms with Crippen molar-refractivity contribution in [3.8, 4) is 0 Å². The van der Waals surface area contributed by atoms with Crippen LogP contribution in [0.2, 0.25) is 0 Å². The van der Waals surface area contributed by atoms with Gasteiger partial charge in [-0.15, -0.1) is 0 Å². The highest BCUT2D eigenvalue weighted by molar-refractivity contribution is 9.10. The predicted octanol–water partition coefficient (Wildman–Crippen LogP) is 2.86. The second-order valence-corrected chi connectivity index (χ2v) is 3.25. The van der Waals surface area contributed by atoms with Gasteiger partial charge in [0.25, 0.3) is 0 Å². The van der Waals surface area contributed by atoms with Gasteiger partial charge in [-0.2, -0.15) is 13.2 Å². The van der Waals surface area contributed by atoms with Gasteiger partial charge in [-0.25, -0.2) is 0 Å². The predicted molar refractivity (Wildman–Crippen MR) is 44.3 cm³/mol. The van der Waals surface area contributed by atoms with Gasteiger partial charge in [0.2, 0.25) is 0 Å². The number of furan rings is 1. The minimum Gasteiger partial charge on any atom is -0.466 e. The highest BCUT2D eigenvalue weighted by atomic mass is 79.9. The van der Waals surface area contributed by atoms with E-state index >= 15 is 0 Å². The van der Waals surface area contributed by atoms with E-state index in [0.717, 1.165) is 0 Å². The highest BCUT2D eigenvalue weighted by Gasteiger charge is 2.42. The maximum Gasteiger partial charge on any atom is 0.411 e. The lowest BCUT2D eigenvalue weighted by atomic mass is 10.2. The molecule has 1 unspecified atom stereocenters. The minimum atomic E-state index is -4.35. The molecule has 0 aliphatic heterocycles. The van der Waals surface area contributed by atoms with Crippen molar-refractivity contribution in [1.29, 1.82) is 0 Å². The Kier molecular flexibility index (Phi) is 3.02. The summed E-state index contributed by atoms with van der Waals surface area (Å²) in [6.45, 7) is 0. The second-order valence-electron chi connectivity index (χ2n) is 2.40. The Labute approximate surface area is 81.2 Å². The largest absolute Gasteiger partial charge is 0.466 e. The van der Waals surface area contributed by atoms with E-state index in [9.17, 15) is 13.2 Å². The first kappa shape index (κ1) is 10.6. The van der Waals surface area contributed by atoms with Gasteiger partial charge in [0.1, 0.15) is 5.76 Å². The van der Waals surface area contributed by atoms with Gasteiger partial charge in [0.15, 0.2) is 6.04 Å². The smallest absolute Gasteiger partial charge is 0.411 e. The summed E-state index contributed by atoms with van der Waals surface area (Å²) >= 11 is 2.97. The summed E-state index contributed by atoms with van der Waals surface area (Å²) < 4.78 is 42.0. The molecule has 0 spiro atoms.